The Bertz CT molecular complexity index is 662. The summed E-state index contributed by atoms with van der Waals surface area (Å²) >= 11 is 5.77. The predicted octanol–water partition coefficient (Wildman–Crippen LogP) is 1.69. The van der Waals surface area contributed by atoms with E-state index in [1.165, 1.54) is 7.11 Å². The molecule has 0 spiro atoms. The number of halogens is 1. The van der Waals surface area contributed by atoms with Gasteiger partial charge in [-0.05, 0) is 24.3 Å². The maximum atomic E-state index is 11.4. The summed E-state index contributed by atoms with van der Waals surface area (Å²) in [6, 6.07) is 7.11. The number of hydrogen-bond donors (Lipinski definition) is 0. The number of aromatic nitrogens is 2. The second-order valence-corrected chi connectivity index (χ2v) is 4.10. The van der Waals surface area contributed by atoms with E-state index in [-0.39, 0.29) is 19.0 Å². The van der Waals surface area contributed by atoms with Crippen LogP contribution in [0.15, 0.2) is 33.5 Å². The fourth-order valence-corrected chi connectivity index (χ4v) is 1.51. The molecule has 0 fully saturated rings. The molecule has 6 heteroatoms. The van der Waals surface area contributed by atoms with Crippen molar-refractivity contribution in [2.45, 2.75) is 13.2 Å². The highest BCUT2D eigenvalue weighted by Crippen LogP contribution is 2.08. The fraction of sp³-hybridized carbons (Fsp3) is 0.231. The first-order valence-electron chi connectivity index (χ1n) is 5.49. The van der Waals surface area contributed by atoms with Crippen molar-refractivity contribution in [2.24, 2.45) is 0 Å². The third kappa shape index (κ3) is 3.71. The summed E-state index contributed by atoms with van der Waals surface area (Å²) in [7, 11) is 1.50. The van der Waals surface area contributed by atoms with Crippen molar-refractivity contribution in [1.29, 1.82) is 0 Å². The van der Waals surface area contributed by atoms with E-state index in [4.69, 9.17) is 20.8 Å². The molecule has 0 aliphatic heterocycles. The lowest BCUT2D eigenvalue weighted by molar-refractivity contribution is 0.158. The molecular formula is C13H11ClN2O3. The molecular weight excluding hydrogens is 268 g/mol. The van der Waals surface area contributed by atoms with Crippen LogP contribution in [0.2, 0.25) is 5.02 Å². The maximum absolute atomic E-state index is 11.4. The predicted molar refractivity (Wildman–Crippen MR) is 69.8 cm³/mol. The van der Waals surface area contributed by atoms with Gasteiger partial charge in [0.15, 0.2) is 0 Å². The normalized spacial score (nSPS) is 10.0. The first-order chi connectivity index (χ1) is 9.19. The van der Waals surface area contributed by atoms with Crippen LogP contribution in [0.4, 0.5) is 0 Å². The Morgan fingerprint density at radius 2 is 2.16 bits per heavy atom. The van der Waals surface area contributed by atoms with Crippen LogP contribution in [0.25, 0.3) is 0 Å². The van der Waals surface area contributed by atoms with Gasteiger partial charge in [-0.15, -0.1) is 5.10 Å². The molecule has 0 saturated carbocycles. The van der Waals surface area contributed by atoms with Gasteiger partial charge in [-0.3, -0.25) is 0 Å². The van der Waals surface area contributed by atoms with Crippen LogP contribution in [0.5, 0.6) is 0 Å². The largest absolute Gasteiger partial charge is 0.438 e. The van der Waals surface area contributed by atoms with E-state index in [2.05, 4.69) is 16.9 Å². The third-order valence-electron chi connectivity index (χ3n) is 2.22. The van der Waals surface area contributed by atoms with Crippen molar-refractivity contribution < 1.29 is 9.15 Å². The van der Waals surface area contributed by atoms with Gasteiger partial charge in [0.25, 0.3) is 0 Å². The van der Waals surface area contributed by atoms with Crippen molar-refractivity contribution in [1.82, 2.24) is 9.78 Å². The summed E-state index contributed by atoms with van der Waals surface area (Å²) < 4.78 is 10.8. The zero-order chi connectivity index (χ0) is 13.7. The lowest BCUT2D eigenvalue weighted by Gasteiger charge is -1.91. The zero-order valence-corrected chi connectivity index (χ0v) is 11.0. The number of methoxy groups -OCH3 is 1. The van der Waals surface area contributed by atoms with Gasteiger partial charge < -0.3 is 9.15 Å². The quantitative estimate of drug-likeness (QED) is 0.802. The highest BCUT2D eigenvalue weighted by Gasteiger charge is 2.05. The molecule has 0 aliphatic rings. The summed E-state index contributed by atoms with van der Waals surface area (Å²) in [5.74, 6) is 5.44. The molecule has 0 atom stereocenters. The average Bonchev–Trinajstić information content (AvgIpc) is 2.73. The number of benzene rings is 1. The van der Waals surface area contributed by atoms with Crippen LogP contribution in [-0.4, -0.2) is 16.9 Å². The first kappa shape index (κ1) is 13.4. The molecule has 0 saturated heterocycles. The monoisotopic (exact) mass is 278 g/mol. The van der Waals surface area contributed by atoms with Crippen molar-refractivity contribution in [3.8, 4) is 11.8 Å². The maximum Gasteiger partial charge on any atom is 0.438 e. The van der Waals surface area contributed by atoms with Gasteiger partial charge in [0.1, 0.15) is 13.2 Å². The van der Waals surface area contributed by atoms with E-state index in [0.29, 0.717) is 5.02 Å². The van der Waals surface area contributed by atoms with Crippen molar-refractivity contribution in [3.05, 3.63) is 51.3 Å². The first-order valence-corrected chi connectivity index (χ1v) is 5.87. The minimum Gasteiger partial charge on any atom is -0.390 e. The molecule has 2 aromatic rings. The van der Waals surface area contributed by atoms with E-state index in [1.54, 1.807) is 24.3 Å². The van der Waals surface area contributed by atoms with Crippen LogP contribution in [0.3, 0.4) is 0 Å². The van der Waals surface area contributed by atoms with Crippen LogP contribution in [0.1, 0.15) is 11.5 Å². The molecule has 19 heavy (non-hydrogen) atoms. The van der Waals surface area contributed by atoms with E-state index in [9.17, 15) is 4.79 Å². The SMILES string of the molecule is COCc1nn(CC#Cc2ccc(Cl)cc2)c(=O)o1. The summed E-state index contributed by atoms with van der Waals surface area (Å²) in [4.78, 5) is 11.4. The van der Waals surface area contributed by atoms with Gasteiger partial charge in [0, 0.05) is 17.7 Å². The summed E-state index contributed by atoms with van der Waals surface area (Å²) in [6.07, 6.45) is 0. The molecule has 1 aromatic carbocycles. The molecule has 0 aliphatic carbocycles. The molecule has 1 heterocycles. The van der Waals surface area contributed by atoms with Gasteiger partial charge >= 0.3 is 5.76 Å². The lowest BCUT2D eigenvalue weighted by atomic mass is 10.2. The topological polar surface area (TPSA) is 57.3 Å². The van der Waals surface area contributed by atoms with E-state index >= 15 is 0 Å². The highest BCUT2D eigenvalue weighted by molar-refractivity contribution is 6.30. The molecule has 0 amide bonds. The number of hydrogen-bond acceptors (Lipinski definition) is 4. The fourth-order valence-electron chi connectivity index (χ4n) is 1.38. The average molecular weight is 279 g/mol. The number of ether oxygens (including phenoxy) is 1. The Morgan fingerprint density at radius 3 is 2.84 bits per heavy atom. The van der Waals surface area contributed by atoms with Crippen molar-refractivity contribution in [2.75, 3.05) is 7.11 Å². The summed E-state index contributed by atoms with van der Waals surface area (Å²) in [5, 5.41) is 4.59. The minimum absolute atomic E-state index is 0.160. The van der Waals surface area contributed by atoms with Gasteiger partial charge in [-0.1, -0.05) is 23.4 Å². The standard InChI is InChI=1S/C13H11ClN2O3/c1-18-9-12-15-16(13(17)19-12)8-2-3-10-4-6-11(14)7-5-10/h4-7H,8-9H2,1H3. The van der Waals surface area contributed by atoms with Gasteiger partial charge in [0.05, 0.1) is 0 Å². The lowest BCUT2D eigenvalue weighted by Crippen LogP contribution is -2.14. The Hall–Kier alpha value is -2.03. The molecule has 0 unspecified atom stereocenters. The Labute approximate surface area is 114 Å². The number of rotatable bonds is 3. The van der Waals surface area contributed by atoms with Gasteiger partial charge in [0.2, 0.25) is 5.89 Å². The second-order valence-electron chi connectivity index (χ2n) is 3.66. The molecule has 1 aromatic heterocycles. The van der Waals surface area contributed by atoms with Gasteiger partial charge in [-0.2, -0.15) is 4.68 Å². The Kier molecular flexibility index (Phi) is 4.39. The van der Waals surface area contributed by atoms with Gasteiger partial charge in [-0.25, -0.2) is 4.79 Å². The van der Waals surface area contributed by atoms with E-state index < -0.39 is 5.76 Å². The summed E-state index contributed by atoms with van der Waals surface area (Å²) in [6.45, 7) is 0.321. The summed E-state index contributed by atoms with van der Waals surface area (Å²) in [5.41, 5.74) is 0.818. The van der Waals surface area contributed by atoms with E-state index in [1.807, 2.05) is 0 Å². The molecule has 0 N–H and O–H groups in total. The molecule has 5 nitrogen and oxygen atoms in total. The number of nitrogens with zero attached hydrogens (tertiary/aromatic N) is 2. The van der Waals surface area contributed by atoms with Crippen molar-refractivity contribution in [3.63, 3.8) is 0 Å². The highest BCUT2D eigenvalue weighted by atomic mass is 35.5. The van der Waals surface area contributed by atoms with Crippen LogP contribution < -0.4 is 5.76 Å². The zero-order valence-electron chi connectivity index (χ0n) is 10.2. The molecule has 98 valence electrons. The molecule has 0 bridgehead atoms. The smallest absolute Gasteiger partial charge is 0.390 e. The third-order valence-corrected chi connectivity index (χ3v) is 2.47. The molecule has 0 radical (unpaired) electrons. The van der Waals surface area contributed by atoms with Crippen molar-refractivity contribution >= 4 is 11.6 Å². The van der Waals surface area contributed by atoms with Crippen LogP contribution in [-0.2, 0) is 17.9 Å². The van der Waals surface area contributed by atoms with E-state index in [0.717, 1.165) is 10.2 Å². The van der Waals surface area contributed by atoms with Crippen LogP contribution in [0, 0.1) is 11.8 Å². The minimum atomic E-state index is -0.544. The molecule has 2 rings (SSSR count). The van der Waals surface area contributed by atoms with Crippen LogP contribution >= 0.6 is 11.6 Å². The second kappa shape index (κ2) is 6.23. The Balaban J connectivity index is 2.06. The Morgan fingerprint density at radius 1 is 1.42 bits per heavy atom.